The summed E-state index contributed by atoms with van der Waals surface area (Å²) in [5.74, 6) is -0.616. The molecule has 0 amide bonds. The Hall–Kier alpha value is -0.650. The lowest BCUT2D eigenvalue weighted by molar-refractivity contribution is 0.0857. The van der Waals surface area contributed by atoms with E-state index in [4.69, 9.17) is 11.6 Å². The molecule has 112 valence electrons. The minimum Gasteiger partial charge on any atom is -0.388 e. The van der Waals surface area contributed by atoms with Gasteiger partial charge in [-0.05, 0) is 42.9 Å². The van der Waals surface area contributed by atoms with Crippen molar-refractivity contribution in [1.82, 2.24) is 0 Å². The molecule has 2 rings (SSSR count). The topological polar surface area (TPSA) is 54.4 Å². The monoisotopic (exact) mass is 320 g/mol. The maximum absolute atomic E-state index is 13.0. The average Bonchev–Trinajstić information content (AvgIpc) is 2.37. The van der Waals surface area contributed by atoms with Gasteiger partial charge in [0.1, 0.15) is 15.7 Å². The first-order valence-corrected chi connectivity index (χ1v) is 8.94. The number of aliphatic hydroxyl groups is 1. The maximum Gasteiger partial charge on any atom is 0.150 e. The Kier molecular flexibility index (Phi) is 4.72. The van der Waals surface area contributed by atoms with Crippen LogP contribution in [0.3, 0.4) is 0 Å². The number of benzene rings is 1. The highest BCUT2D eigenvalue weighted by atomic mass is 35.5. The predicted molar refractivity (Wildman–Crippen MR) is 77.0 cm³/mol. The first-order valence-electron chi connectivity index (χ1n) is 6.61. The fourth-order valence-corrected chi connectivity index (χ4v) is 4.32. The van der Waals surface area contributed by atoms with Crippen LogP contribution in [0.1, 0.15) is 37.4 Å². The van der Waals surface area contributed by atoms with Gasteiger partial charge in [0.25, 0.3) is 0 Å². The zero-order chi connectivity index (χ0) is 14.9. The molecule has 1 fully saturated rings. The van der Waals surface area contributed by atoms with Gasteiger partial charge in [0.15, 0.2) is 0 Å². The second kappa shape index (κ2) is 6.00. The van der Waals surface area contributed by atoms with Gasteiger partial charge in [-0.3, -0.25) is 0 Å². The Balaban J connectivity index is 2.18. The van der Waals surface area contributed by atoms with E-state index >= 15 is 0 Å². The van der Waals surface area contributed by atoms with Gasteiger partial charge < -0.3 is 5.11 Å². The summed E-state index contributed by atoms with van der Waals surface area (Å²) < 4.78 is 36.3. The molecule has 0 radical (unpaired) electrons. The molecule has 0 spiro atoms. The number of rotatable bonds is 3. The van der Waals surface area contributed by atoms with Crippen molar-refractivity contribution in [2.75, 3.05) is 6.26 Å². The van der Waals surface area contributed by atoms with Crippen molar-refractivity contribution in [2.24, 2.45) is 5.92 Å². The van der Waals surface area contributed by atoms with Gasteiger partial charge in [0.05, 0.1) is 11.4 Å². The van der Waals surface area contributed by atoms with Gasteiger partial charge in [-0.2, -0.15) is 0 Å². The Labute approximate surface area is 123 Å². The van der Waals surface area contributed by atoms with E-state index in [9.17, 15) is 17.9 Å². The second-order valence-electron chi connectivity index (χ2n) is 5.49. The molecule has 1 aromatic rings. The van der Waals surface area contributed by atoms with Crippen molar-refractivity contribution in [3.63, 3.8) is 0 Å². The Bertz CT molecular complexity index is 588. The molecular formula is C14H18ClFO3S. The highest BCUT2D eigenvalue weighted by Gasteiger charge is 2.33. The molecule has 6 heteroatoms. The molecule has 0 bridgehead atoms. The molecule has 1 aromatic carbocycles. The van der Waals surface area contributed by atoms with Crippen LogP contribution in [-0.4, -0.2) is 25.0 Å². The quantitative estimate of drug-likeness (QED) is 0.931. The van der Waals surface area contributed by atoms with Crippen molar-refractivity contribution >= 4 is 21.4 Å². The lowest BCUT2D eigenvalue weighted by Gasteiger charge is -2.31. The van der Waals surface area contributed by atoms with E-state index in [0.717, 1.165) is 18.9 Å². The zero-order valence-corrected chi connectivity index (χ0v) is 12.8. The third-order valence-electron chi connectivity index (χ3n) is 4.00. The van der Waals surface area contributed by atoms with Crippen LogP contribution < -0.4 is 0 Å². The van der Waals surface area contributed by atoms with E-state index in [2.05, 4.69) is 0 Å². The molecule has 1 N–H and O–H groups in total. The van der Waals surface area contributed by atoms with Crippen LogP contribution in [0.15, 0.2) is 18.2 Å². The Morgan fingerprint density at radius 3 is 2.70 bits per heavy atom. The molecule has 0 heterocycles. The van der Waals surface area contributed by atoms with Gasteiger partial charge in [-0.25, -0.2) is 12.8 Å². The molecule has 3 nitrogen and oxygen atoms in total. The van der Waals surface area contributed by atoms with Crippen LogP contribution in [0.2, 0.25) is 5.02 Å². The molecule has 0 aliphatic heterocycles. The first kappa shape index (κ1) is 15.7. The first-order chi connectivity index (χ1) is 9.29. The largest absolute Gasteiger partial charge is 0.388 e. The van der Waals surface area contributed by atoms with Crippen LogP contribution in [0.4, 0.5) is 4.39 Å². The molecule has 0 aromatic heterocycles. The number of hydrogen-bond donors (Lipinski definition) is 1. The van der Waals surface area contributed by atoms with Crippen LogP contribution >= 0.6 is 11.6 Å². The van der Waals surface area contributed by atoms with E-state index in [0.29, 0.717) is 18.4 Å². The van der Waals surface area contributed by atoms with Gasteiger partial charge in [0.2, 0.25) is 0 Å². The molecule has 1 saturated carbocycles. The number of halogens is 2. The summed E-state index contributed by atoms with van der Waals surface area (Å²) in [5, 5.41) is 10.2. The molecule has 3 atom stereocenters. The number of hydrogen-bond acceptors (Lipinski definition) is 3. The molecule has 1 aliphatic rings. The third-order valence-corrected chi connectivity index (χ3v) is 5.97. The van der Waals surface area contributed by atoms with Crippen LogP contribution in [0.5, 0.6) is 0 Å². The van der Waals surface area contributed by atoms with Crippen molar-refractivity contribution in [1.29, 1.82) is 0 Å². The zero-order valence-electron chi connectivity index (χ0n) is 11.2. The summed E-state index contributed by atoms with van der Waals surface area (Å²) in [5.41, 5.74) is 0.465. The fraction of sp³-hybridized carbons (Fsp3) is 0.571. The minimum atomic E-state index is -3.10. The third kappa shape index (κ3) is 3.51. The highest BCUT2D eigenvalue weighted by molar-refractivity contribution is 7.91. The molecule has 20 heavy (non-hydrogen) atoms. The number of sulfone groups is 1. The number of aliphatic hydroxyl groups excluding tert-OH is 1. The lowest BCUT2D eigenvalue weighted by Crippen LogP contribution is -2.30. The van der Waals surface area contributed by atoms with E-state index in [1.807, 2.05) is 0 Å². The molecule has 3 unspecified atom stereocenters. The van der Waals surface area contributed by atoms with E-state index < -0.39 is 27.0 Å². The molecule has 0 saturated heterocycles. The van der Waals surface area contributed by atoms with Crippen molar-refractivity contribution < 1.29 is 17.9 Å². The van der Waals surface area contributed by atoms with Gasteiger partial charge in [-0.15, -0.1) is 0 Å². The normalized spacial score (nSPS) is 25.4. The van der Waals surface area contributed by atoms with Crippen LogP contribution in [0.25, 0.3) is 0 Å². The van der Waals surface area contributed by atoms with Gasteiger partial charge in [0, 0.05) is 11.3 Å². The summed E-state index contributed by atoms with van der Waals surface area (Å²) in [7, 11) is -3.10. The highest BCUT2D eigenvalue weighted by Crippen LogP contribution is 2.38. The van der Waals surface area contributed by atoms with E-state index in [-0.39, 0.29) is 10.9 Å². The van der Waals surface area contributed by atoms with E-state index in [1.54, 1.807) is 0 Å². The smallest absolute Gasteiger partial charge is 0.150 e. The molecular weight excluding hydrogens is 303 g/mol. The standard InChI is InChI=1S/C14H18ClFO3S/c1-20(18,19)11-4-2-3-9(7-11)14(17)12-6-5-10(16)8-13(12)15/h5-6,8-9,11,14,17H,2-4,7H2,1H3. The fourth-order valence-electron chi connectivity index (χ4n) is 2.85. The maximum atomic E-state index is 13.0. The van der Waals surface area contributed by atoms with Crippen LogP contribution in [-0.2, 0) is 9.84 Å². The summed E-state index contributed by atoms with van der Waals surface area (Å²) >= 11 is 5.95. The Morgan fingerprint density at radius 1 is 1.40 bits per heavy atom. The van der Waals surface area contributed by atoms with Gasteiger partial charge >= 0.3 is 0 Å². The second-order valence-corrected chi connectivity index (χ2v) is 8.22. The predicted octanol–water partition coefficient (Wildman–Crippen LogP) is 3.12. The average molecular weight is 321 g/mol. The van der Waals surface area contributed by atoms with Crippen molar-refractivity contribution in [3.05, 3.63) is 34.6 Å². The van der Waals surface area contributed by atoms with Crippen molar-refractivity contribution in [3.8, 4) is 0 Å². The lowest BCUT2D eigenvalue weighted by atomic mass is 9.82. The van der Waals surface area contributed by atoms with Crippen LogP contribution in [0, 0.1) is 11.7 Å². The van der Waals surface area contributed by atoms with E-state index in [1.165, 1.54) is 18.4 Å². The Morgan fingerprint density at radius 2 is 2.10 bits per heavy atom. The van der Waals surface area contributed by atoms with Gasteiger partial charge in [-0.1, -0.05) is 24.1 Å². The molecule has 1 aliphatic carbocycles. The van der Waals surface area contributed by atoms with Crippen molar-refractivity contribution in [2.45, 2.75) is 37.0 Å². The summed E-state index contributed by atoms with van der Waals surface area (Å²) in [6, 6.07) is 3.88. The minimum absolute atomic E-state index is 0.161. The summed E-state index contributed by atoms with van der Waals surface area (Å²) in [4.78, 5) is 0. The SMILES string of the molecule is CS(=O)(=O)C1CCCC(C(O)c2ccc(F)cc2Cl)C1. The summed E-state index contributed by atoms with van der Waals surface area (Å²) in [6.07, 6.45) is 2.95. The summed E-state index contributed by atoms with van der Waals surface area (Å²) in [6.45, 7) is 0.